The molecule has 2 rings (SSSR count). The number of hydrogen-bond acceptors (Lipinski definition) is 3. The molecular weight excluding hydrogens is 178 g/mol. The van der Waals surface area contributed by atoms with Crippen LogP contribution in [0.5, 0.6) is 5.75 Å². The van der Waals surface area contributed by atoms with Gasteiger partial charge < -0.3 is 4.74 Å². The summed E-state index contributed by atoms with van der Waals surface area (Å²) in [6, 6.07) is 7.71. The van der Waals surface area contributed by atoms with Crippen LogP contribution in [0.25, 0.3) is 5.69 Å². The van der Waals surface area contributed by atoms with Crippen molar-refractivity contribution in [2.45, 2.75) is 6.92 Å². The highest BCUT2D eigenvalue weighted by Gasteiger charge is 2.02. The second kappa shape index (κ2) is 3.49. The zero-order valence-electron chi connectivity index (χ0n) is 8.14. The molecule has 0 saturated carbocycles. The summed E-state index contributed by atoms with van der Waals surface area (Å²) in [5.74, 6) is 0.817. The second-order valence-electron chi connectivity index (χ2n) is 2.99. The molecule has 1 heterocycles. The Bertz CT molecular complexity index is 436. The number of benzene rings is 1. The molecule has 0 aliphatic carbocycles. The number of rotatable bonds is 2. The van der Waals surface area contributed by atoms with E-state index in [2.05, 4.69) is 10.3 Å². The molecule has 1 aromatic heterocycles. The SMILES string of the molecule is COc1cccc(-n2nncc2C)c1. The summed E-state index contributed by atoms with van der Waals surface area (Å²) in [4.78, 5) is 0. The predicted octanol–water partition coefficient (Wildman–Crippen LogP) is 1.58. The predicted molar refractivity (Wildman–Crippen MR) is 52.6 cm³/mol. The summed E-state index contributed by atoms with van der Waals surface area (Å²) in [6.45, 7) is 1.96. The van der Waals surface area contributed by atoms with Crippen molar-refractivity contribution in [1.82, 2.24) is 15.0 Å². The van der Waals surface area contributed by atoms with E-state index < -0.39 is 0 Å². The van der Waals surface area contributed by atoms with Gasteiger partial charge >= 0.3 is 0 Å². The molecular formula is C10H11N3O. The molecule has 14 heavy (non-hydrogen) atoms. The molecule has 0 saturated heterocycles. The topological polar surface area (TPSA) is 39.9 Å². The highest BCUT2D eigenvalue weighted by Crippen LogP contribution is 2.16. The van der Waals surface area contributed by atoms with E-state index in [4.69, 9.17) is 4.74 Å². The van der Waals surface area contributed by atoms with E-state index >= 15 is 0 Å². The van der Waals surface area contributed by atoms with Gasteiger partial charge in [-0.1, -0.05) is 11.3 Å². The fraction of sp³-hybridized carbons (Fsp3) is 0.200. The molecule has 0 atom stereocenters. The molecule has 0 amide bonds. The van der Waals surface area contributed by atoms with Gasteiger partial charge in [-0.25, -0.2) is 4.68 Å². The lowest BCUT2D eigenvalue weighted by atomic mass is 10.3. The van der Waals surface area contributed by atoms with E-state index in [9.17, 15) is 0 Å². The minimum absolute atomic E-state index is 0.817. The van der Waals surface area contributed by atoms with Gasteiger partial charge in [-0.15, -0.1) is 5.10 Å². The minimum Gasteiger partial charge on any atom is -0.497 e. The monoisotopic (exact) mass is 189 g/mol. The number of hydrogen-bond donors (Lipinski definition) is 0. The van der Waals surface area contributed by atoms with Gasteiger partial charge in [0.1, 0.15) is 5.75 Å². The molecule has 2 aromatic rings. The Morgan fingerprint density at radius 2 is 2.21 bits per heavy atom. The van der Waals surface area contributed by atoms with E-state index in [1.807, 2.05) is 31.2 Å². The van der Waals surface area contributed by atoms with Gasteiger partial charge in [-0.3, -0.25) is 0 Å². The van der Waals surface area contributed by atoms with E-state index in [0.717, 1.165) is 17.1 Å². The highest BCUT2D eigenvalue weighted by atomic mass is 16.5. The minimum atomic E-state index is 0.817. The van der Waals surface area contributed by atoms with E-state index in [1.54, 1.807) is 18.0 Å². The molecule has 0 fully saturated rings. The maximum Gasteiger partial charge on any atom is 0.121 e. The fourth-order valence-electron chi connectivity index (χ4n) is 1.28. The van der Waals surface area contributed by atoms with Crippen molar-refractivity contribution < 1.29 is 4.74 Å². The van der Waals surface area contributed by atoms with Crippen LogP contribution in [0.1, 0.15) is 5.69 Å². The van der Waals surface area contributed by atoms with Gasteiger partial charge in [0.05, 0.1) is 24.7 Å². The average Bonchev–Trinajstić information content (AvgIpc) is 2.65. The lowest BCUT2D eigenvalue weighted by Crippen LogP contribution is -1.99. The van der Waals surface area contributed by atoms with Crippen molar-refractivity contribution in [3.8, 4) is 11.4 Å². The molecule has 0 N–H and O–H groups in total. The molecule has 0 aliphatic rings. The first-order valence-electron chi connectivity index (χ1n) is 4.33. The number of methoxy groups -OCH3 is 1. The van der Waals surface area contributed by atoms with Crippen LogP contribution in [-0.2, 0) is 0 Å². The summed E-state index contributed by atoms with van der Waals surface area (Å²) in [7, 11) is 1.65. The Hall–Kier alpha value is -1.84. The highest BCUT2D eigenvalue weighted by molar-refractivity contribution is 5.39. The van der Waals surface area contributed by atoms with E-state index in [-0.39, 0.29) is 0 Å². The molecule has 0 unspecified atom stereocenters. The van der Waals surface area contributed by atoms with Crippen LogP contribution in [-0.4, -0.2) is 22.1 Å². The zero-order valence-corrected chi connectivity index (χ0v) is 8.14. The second-order valence-corrected chi connectivity index (χ2v) is 2.99. The number of nitrogens with zero attached hydrogens (tertiary/aromatic N) is 3. The van der Waals surface area contributed by atoms with Crippen LogP contribution in [0, 0.1) is 6.92 Å². The van der Waals surface area contributed by atoms with Crippen LogP contribution in [0.15, 0.2) is 30.5 Å². The number of ether oxygens (including phenoxy) is 1. The molecule has 72 valence electrons. The standard InChI is InChI=1S/C10H11N3O/c1-8-7-11-12-13(8)9-4-3-5-10(6-9)14-2/h3-7H,1-2H3. The van der Waals surface area contributed by atoms with Crippen LogP contribution in [0.2, 0.25) is 0 Å². The maximum atomic E-state index is 5.13. The van der Waals surface area contributed by atoms with Gasteiger partial charge in [0.2, 0.25) is 0 Å². The van der Waals surface area contributed by atoms with Gasteiger partial charge in [-0.05, 0) is 19.1 Å². The lowest BCUT2D eigenvalue weighted by molar-refractivity contribution is 0.414. The molecule has 1 aromatic carbocycles. The number of aromatic nitrogens is 3. The van der Waals surface area contributed by atoms with Crippen LogP contribution in [0.3, 0.4) is 0 Å². The first-order valence-corrected chi connectivity index (χ1v) is 4.33. The Kier molecular flexibility index (Phi) is 2.18. The summed E-state index contributed by atoms with van der Waals surface area (Å²) in [5, 5.41) is 7.80. The van der Waals surface area contributed by atoms with Crippen LogP contribution in [0.4, 0.5) is 0 Å². The first kappa shape index (κ1) is 8.74. The first-order chi connectivity index (χ1) is 6.81. The van der Waals surface area contributed by atoms with Crippen molar-refractivity contribution in [3.63, 3.8) is 0 Å². The Labute approximate surface area is 82.1 Å². The van der Waals surface area contributed by atoms with Crippen molar-refractivity contribution >= 4 is 0 Å². The molecule has 0 spiro atoms. The van der Waals surface area contributed by atoms with E-state index in [1.165, 1.54) is 0 Å². The summed E-state index contributed by atoms with van der Waals surface area (Å²) >= 11 is 0. The fourth-order valence-corrected chi connectivity index (χ4v) is 1.28. The molecule has 0 aliphatic heterocycles. The average molecular weight is 189 g/mol. The van der Waals surface area contributed by atoms with Crippen molar-refractivity contribution in [2.75, 3.05) is 7.11 Å². The van der Waals surface area contributed by atoms with Gasteiger partial charge in [-0.2, -0.15) is 0 Å². The smallest absolute Gasteiger partial charge is 0.121 e. The summed E-state index contributed by atoms with van der Waals surface area (Å²) in [5.41, 5.74) is 1.96. The van der Waals surface area contributed by atoms with E-state index in [0.29, 0.717) is 0 Å². The molecule has 4 heteroatoms. The van der Waals surface area contributed by atoms with Crippen molar-refractivity contribution in [1.29, 1.82) is 0 Å². The van der Waals surface area contributed by atoms with Gasteiger partial charge in [0, 0.05) is 6.07 Å². The Balaban J connectivity index is 2.47. The molecule has 0 radical (unpaired) electrons. The summed E-state index contributed by atoms with van der Waals surface area (Å²) in [6.07, 6.45) is 1.72. The van der Waals surface area contributed by atoms with Crippen molar-refractivity contribution in [3.05, 3.63) is 36.2 Å². The zero-order chi connectivity index (χ0) is 9.97. The largest absolute Gasteiger partial charge is 0.497 e. The lowest BCUT2D eigenvalue weighted by Gasteiger charge is -2.04. The molecule has 0 bridgehead atoms. The summed E-state index contributed by atoms with van der Waals surface area (Å²) < 4.78 is 6.90. The quantitative estimate of drug-likeness (QED) is 0.720. The molecule has 4 nitrogen and oxygen atoms in total. The van der Waals surface area contributed by atoms with Crippen LogP contribution < -0.4 is 4.74 Å². The number of aryl methyl sites for hydroxylation is 1. The van der Waals surface area contributed by atoms with Crippen LogP contribution >= 0.6 is 0 Å². The van der Waals surface area contributed by atoms with Gasteiger partial charge in [0.15, 0.2) is 0 Å². The maximum absolute atomic E-state index is 5.13. The third kappa shape index (κ3) is 1.46. The third-order valence-corrected chi connectivity index (χ3v) is 2.02. The Morgan fingerprint density at radius 1 is 1.36 bits per heavy atom. The van der Waals surface area contributed by atoms with Crippen molar-refractivity contribution in [2.24, 2.45) is 0 Å². The third-order valence-electron chi connectivity index (χ3n) is 2.02. The Morgan fingerprint density at radius 3 is 2.86 bits per heavy atom. The normalized spacial score (nSPS) is 10.1. The van der Waals surface area contributed by atoms with Gasteiger partial charge in [0.25, 0.3) is 0 Å².